The van der Waals surface area contributed by atoms with E-state index in [-0.39, 0.29) is 11.9 Å². The maximum atomic E-state index is 13.7. The van der Waals surface area contributed by atoms with E-state index < -0.39 is 0 Å². The first-order chi connectivity index (χ1) is 8.99. The molecular weight excluding hydrogens is 284 g/mol. The molecule has 0 bridgehead atoms. The fraction of sp³-hybridized carbons (Fsp3) is 0.200. The summed E-state index contributed by atoms with van der Waals surface area (Å²) >= 11 is 11.9. The van der Waals surface area contributed by atoms with Crippen LogP contribution in [0.1, 0.15) is 22.7 Å². The number of halogens is 3. The fourth-order valence-electron chi connectivity index (χ4n) is 2.07. The maximum absolute atomic E-state index is 13.7. The molecule has 2 aromatic carbocycles. The molecule has 0 spiro atoms. The van der Waals surface area contributed by atoms with Crippen LogP contribution in [-0.2, 0) is 6.42 Å². The van der Waals surface area contributed by atoms with Crippen LogP contribution in [0.2, 0.25) is 10.0 Å². The summed E-state index contributed by atoms with van der Waals surface area (Å²) in [6, 6.07) is 9.74. The van der Waals surface area contributed by atoms with Crippen molar-refractivity contribution in [1.29, 1.82) is 0 Å². The highest BCUT2D eigenvalue weighted by Gasteiger charge is 2.14. The van der Waals surface area contributed by atoms with Gasteiger partial charge < -0.3 is 5.73 Å². The van der Waals surface area contributed by atoms with Crippen LogP contribution < -0.4 is 5.73 Å². The van der Waals surface area contributed by atoms with Crippen LogP contribution >= 0.6 is 23.2 Å². The molecule has 0 radical (unpaired) electrons. The first kappa shape index (κ1) is 14.3. The van der Waals surface area contributed by atoms with E-state index in [4.69, 9.17) is 28.9 Å². The van der Waals surface area contributed by atoms with Gasteiger partial charge in [-0.1, -0.05) is 35.3 Å². The third-order valence-corrected chi connectivity index (χ3v) is 3.80. The number of benzene rings is 2. The lowest BCUT2D eigenvalue weighted by molar-refractivity contribution is 0.593. The molecule has 0 aliphatic heterocycles. The summed E-state index contributed by atoms with van der Waals surface area (Å²) in [7, 11) is 0. The minimum atomic E-state index is -0.313. The smallest absolute Gasteiger partial charge is 0.126 e. The van der Waals surface area contributed by atoms with Crippen molar-refractivity contribution in [1.82, 2.24) is 0 Å². The lowest BCUT2D eigenvalue weighted by atomic mass is 9.96. The van der Waals surface area contributed by atoms with Crippen molar-refractivity contribution in [2.24, 2.45) is 5.73 Å². The quantitative estimate of drug-likeness (QED) is 0.874. The predicted molar refractivity (Wildman–Crippen MR) is 78.2 cm³/mol. The minimum Gasteiger partial charge on any atom is -0.324 e. The van der Waals surface area contributed by atoms with E-state index in [0.717, 1.165) is 11.1 Å². The Kier molecular flexibility index (Phi) is 4.46. The van der Waals surface area contributed by atoms with Crippen LogP contribution in [0.3, 0.4) is 0 Å². The molecule has 0 fully saturated rings. The molecule has 0 aliphatic carbocycles. The average Bonchev–Trinajstić information content (AvgIpc) is 2.37. The standard InChI is InChI=1S/C15H14Cl2FN/c1-9-12(3-2-4-13(9)17)15(19)8-10-7-11(16)5-6-14(10)18/h2-7,15H,8,19H2,1H3. The molecule has 1 nitrogen and oxygen atoms in total. The maximum Gasteiger partial charge on any atom is 0.126 e. The monoisotopic (exact) mass is 297 g/mol. The van der Waals surface area contributed by atoms with Crippen molar-refractivity contribution < 1.29 is 4.39 Å². The SMILES string of the molecule is Cc1c(Cl)cccc1C(N)Cc1cc(Cl)ccc1F. The van der Waals surface area contributed by atoms with Gasteiger partial charge in [-0.05, 0) is 54.3 Å². The van der Waals surface area contributed by atoms with Gasteiger partial charge in [-0.2, -0.15) is 0 Å². The molecule has 0 saturated heterocycles. The molecular formula is C15H14Cl2FN. The summed E-state index contributed by atoms with van der Waals surface area (Å²) in [5, 5.41) is 1.17. The molecule has 0 amide bonds. The molecule has 1 atom stereocenters. The van der Waals surface area contributed by atoms with Crippen molar-refractivity contribution in [3.63, 3.8) is 0 Å². The Bertz CT molecular complexity index is 599. The Balaban J connectivity index is 2.28. The second-order valence-electron chi connectivity index (χ2n) is 4.50. The number of rotatable bonds is 3. The van der Waals surface area contributed by atoms with Gasteiger partial charge in [-0.15, -0.1) is 0 Å². The van der Waals surface area contributed by atoms with Crippen molar-refractivity contribution in [2.75, 3.05) is 0 Å². The molecule has 0 aromatic heterocycles. The van der Waals surface area contributed by atoms with E-state index in [1.807, 2.05) is 25.1 Å². The van der Waals surface area contributed by atoms with Crippen LogP contribution in [0.4, 0.5) is 4.39 Å². The summed E-state index contributed by atoms with van der Waals surface area (Å²) in [6.07, 6.45) is 0.383. The second-order valence-corrected chi connectivity index (χ2v) is 5.34. The number of nitrogens with two attached hydrogens (primary N) is 1. The fourth-order valence-corrected chi connectivity index (χ4v) is 2.45. The zero-order valence-corrected chi connectivity index (χ0v) is 12.0. The highest BCUT2D eigenvalue weighted by atomic mass is 35.5. The van der Waals surface area contributed by atoms with Gasteiger partial charge in [0.15, 0.2) is 0 Å². The summed E-state index contributed by atoms with van der Waals surface area (Å²) in [4.78, 5) is 0. The van der Waals surface area contributed by atoms with Gasteiger partial charge in [0.2, 0.25) is 0 Å². The Hall–Kier alpha value is -1.09. The molecule has 0 heterocycles. The van der Waals surface area contributed by atoms with Gasteiger partial charge in [-0.3, -0.25) is 0 Å². The third-order valence-electron chi connectivity index (χ3n) is 3.16. The van der Waals surface area contributed by atoms with Crippen molar-refractivity contribution in [3.05, 3.63) is 69.0 Å². The van der Waals surface area contributed by atoms with Gasteiger partial charge in [0.25, 0.3) is 0 Å². The van der Waals surface area contributed by atoms with Crippen molar-refractivity contribution in [3.8, 4) is 0 Å². The van der Waals surface area contributed by atoms with Crippen LogP contribution in [0, 0.1) is 12.7 Å². The normalized spacial score (nSPS) is 12.5. The number of hydrogen-bond donors (Lipinski definition) is 1. The first-order valence-corrected chi connectivity index (χ1v) is 6.69. The second kappa shape index (κ2) is 5.91. The Morgan fingerprint density at radius 1 is 1.21 bits per heavy atom. The summed E-state index contributed by atoms with van der Waals surface area (Å²) in [5.74, 6) is -0.292. The molecule has 0 aliphatic rings. The van der Waals surface area contributed by atoms with Gasteiger partial charge in [0.1, 0.15) is 5.82 Å². The van der Waals surface area contributed by atoms with Crippen molar-refractivity contribution in [2.45, 2.75) is 19.4 Å². The molecule has 0 saturated carbocycles. The van der Waals surface area contributed by atoms with E-state index in [1.54, 1.807) is 6.07 Å². The lowest BCUT2D eigenvalue weighted by Gasteiger charge is -2.16. The molecule has 2 rings (SSSR count). The van der Waals surface area contributed by atoms with Crippen LogP contribution in [-0.4, -0.2) is 0 Å². The minimum absolute atomic E-state index is 0.292. The summed E-state index contributed by atoms with van der Waals surface area (Å²) in [5.41, 5.74) is 8.51. The lowest BCUT2D eigenvalue weighted by Crippen LogP contribution is -2.15. The zero-order chi connectivity index (χ0) is 14.0. The van der Waals surface area contributed by atoms with Crippen LogP contribution in [0.5, 0.6) is 0 Å². The predicted octanol–water partition coefficient (Wildman–Crippen LogP) is 4.68. The molecule has 2 aromatic rings. The Morgan fingerprint density at radius 3 is 2.68 bits per heavy atom. The highest BCUT2D eigenvalue weighted by Crippen LogP contribution is 2.26. The summed E-state index contributed by atoms with van der Waals surface area (Å²) < 4.78 is 13.7. The molecule has 4 heteroatoms. The van der Waals surface area contributed by atoms with Gasteiger partial charge in [0.05, 0.1) is 0 Å². The first-order valence-electron chi connectivity index (χ1n) is 5.93. The molecule has 2 N–H and O–H groups in total. The zero-order valence-electron chi connectivity index (χ0n) is 10.5. The van der Waals surface area contributed by atoms with E-state index >= 15 is 0 Å². The topological polar surface area (TPSA) is 26.0 Å². The van der Waals surface area contributed by atoms with Gasteiger partial charge in [0, 0.05) is 16.1 Å². The van der Waals surface area contributed by atoms with E-state index in [1.165, 1.54) is 12.1 Å². The summed E-state index contributed by atoms with van der Waals surface area (Å²) in [6.45, 7) is 1.91. The largest absolute Gasteiger partial charge is 0.324 e. The van der Waals surface area contributed by atoms with Crippen LogP contribution in [0.15, 0.2) is 36.4 Å². The van der Waals surface area contributed by atoms with E-state index in [9.17, 15) is 4.39 Å². The molecule has 1 unspecified atom stereocenters. The Morgan fingerprint density at radius 2 is 1.95 bits per heavy atom. The van der Waals surface area contributed by atoms with E-state index in [2.05, 4.69) is 0 Å². The van der Waals surface area contributed by atoms with Crippen molar-refractivity contribution >= 4 is 23.2 Å². The average molecular weight is 298 g/mol. The third kappa shape index (κ3) is 3.27. The number of hydrogen-bond acceptors (Lipinski definition) is 1. The van der Waals surface area contributed by atoms with Gasteiger partial charge >= 0.3 is 0 Å². The van der Waals surface area contributed by atoms with Crippen LogP contribution in [0.25, 0.3) is 0 Å². The highest BCUT2D eigenvalue weighted by molar-refractivity contribution is 6.31. The van der Waals surface area contributed by atoms with E-state index in [0.29, 0.717) is 22.0 Å². The van der Waals surface area contributed by atoms with Gasteiger partial charge in [-0.25, -0.2) is 4.39 Å². The molecule has 100 valence electrons. The Labute approximate surface area is 122 Å². The molecule has 19 heavy (non-hydrogen) atoms.